The summed E-state index contributed by atoms with van der Waals surface area (Å²) >= 11 is 0. The molecule has 4 aromatic carbocycles. The first-order chi connectivity index (χ1) is 23.0. The molecule has 0 aliphatic heterocycles. The van der Waals surface area contributed by atoms with Gasteiger partial charge in [-0.3, -0.25) is 14.9 Å². The Kier molecular flexibility index (Phi) is 11.5. The molecule has 5 rings (SSSR count). The molecule has 47 heavy (non-hydrogen) atoms. The van der Waals surface area contributed by atoms with Crippen molar-refractivity contribution in [3.8, 4) is 5.75 Å². The number of nitrogens with zero attached hydrogens (tertiary/aromatic N) is 2. The summed E-state index contributed by atoms with van der Waals surface area (Å²) in [6.07, 6.45) is -1.43. The molecule has 0 fully saturated rings. The summed E-state index contributed by atoms with van der Waals surface area (Å²) in [5.74, 6) is 0.697. The normalized spacial score (nSPS) is 11.4. The van der Waals surface area contributed by atoms with Gasteiger partial charge in [0.05, 0.1) is 24.1 Å². The second-order valence-corrected chi connectivity index (χ2v) is 10.6. The standard InChI is InChI=1S/C36H37N5O6/c1-2-45-33(40-36(44)47-24-27-11-5-3-6-12-27)21-37-35(43)28-19-17-26(18-20-28)22-41(34(42)25-46-29-13-7-4-8-14-29)23-32-38-30-15-9-10-16-31(30)39-32/h3-20,33H,2,21-25H2,1H3,(H,37,43)(H,38,39)(H,40,44). The molecule has 3 amide bonds. The number of carbonyl (C=O) groups excluding carboxylic acids is 3. The molecule has 11 nitrogen and oxygen atoms in total. The van der Waals surface area contributed by atoms with E-state index in [1.54, 1.807) is 48.2 Å². The predicted octanol–water partition coefficient (Wildman–Crippen LogP) is 5.19. The van der Waals surface area contributed by atoms with Crippen molar-refractivity contribution in [2.75, 3.05) is 19.8 Å². The summed E-state index contributed by atoms with van der Waals surface area (Å²) in [6.45, 7) is 2.65. The van der Waals surface area contributed by atoms with Gasteiger partial charge in [-0.1, -0.05) is 72.8 Å². The van der Waals surface area contributed by atoms with Gasteiger partial charge in [0.2, 0.25) is 0 Å². The third-order valence-electron chi connectivity index (χ3n) is 7.13. The number of carbonyl (C=O) groups is 3. The van der Waals surface area contributed by atoms with Crippen molar-refractivity contribution >= 4 is 28.9 Å². The number of aromatic amines is 1. The van der Waals surface area contributed by atoms with Crippen molar-refractivity contribution in [3.05, 3.63) is 132 Å². The fourth-order valence-corrected chi connectivity index (χ4v) is 4.77. The smallest absolute Gasteiger partial charge is 0.409 e. The highest BCUT2D eigenvalue weighted by Gasteiger charge is 2.19. The van der Waals surface area contributed by atoms with Crippen LogP contribution in [0.2, 0.25) is 0 Å². The van der Waals surface area contributed by atoms with E-state index in [1.807, 2.05) is 72.8 Å². The van der Waals surface area contributed by atoms with Crippen LogP contribution in [0.25, 0.3) is 11.0 Å². The molecule has 0 saturated heterocycles. The Balaban J connectivity index is 1.17. The third-order valence-corrected chi connectivity index (χ3v) is 7.13. The highest BCUT2D eigenvalue weighted by atomic mass is 16.6. The van der Waals surface area contributed by atoms with Crippen molar-refractivity contribution in [1.29, 1.82) is 0 Å². The average molecular weight is 636 g/mol. The van der Waals surface area contributed by atoms with Crippen molar-refractivity contribution in [2.24, 2.45) is 0 Å². The first-order valence-corrected chi connectivity index (χ1v) is 15.3. The van der Waals surface area contributed by atoms with Gasteiger partial charge in [0.15, 0.2) is 6.61 Å². The number of imidazole rings is 1. The highest BCUT2D eigenvalue weighted by Crippen LogP contribution is 2.16. The number of amides is 3. The Labute approximate surface area is 272 Å². The van der Waals surface area contributed by atoms with Gasteiger partial charge >= 0.3 is 6.09 Å². The molecule has 0 spiro atoms. The van der Waals surface area contributed by atoms with Gasteiger partial charge < -0.3 is 29.4 Å². The maximum absolute atomic E-state index is 13.4. The van der Waals surface area contributed by atoms with E-state index in [1.165, 1.54) is 0 Å². The second kappa shape index (κ2) is 16.6. The molecule has 242 valence electrons. The van der Waals surface area contributed by atoms with E-state index in [4.69, 9.17) is 14.2 Å². The lowest BCUT2D eigenvalue weighted by atomic mass is 10.1. The lowest BCUT2D eigenvalue weighted by molar-refractivity contribution is -0.134. The van der Waals surface area contributed by atoms with Crippen molar-refractivity contribution in [3.63, 3.8) is 0 Å². The second-order valence-electron chi connectivity index (χ2n) is 10.6. The van der Waals surface area contributed by atoms with Crippen LogP contribution in [0.5, 0.6) is 5.75 Å². The van der Waals surface area contributed by atoms with Crippen LogP contribution in [0.15, 0.2) is 109 Å². The molecule has 11 heteroatoms. The highest BCUT2D eigenvalue weighted by molar-refractivity contribution is 5.94. The zero-order valence-corrected chi connectivity index (χ0v) is 26.1. The van der Waals surface area contributed by atoms with Crippen LogP contribution in [0, 0.1) is 0 Å². The largest absolute Gasteiger partial charge is 0.484 e. The van der Waals surface area contributed by atoms with Gasteiger partial charge in [-0.05, 0) is 54.4 Å². The van der Waals surface area contributed by atoms with Crippen LogP contribution in [0.4, 0.5) is 4.79 Å². The van der Waals surface area contributed by atoms with E-state index in [9.17, 15) is 14.4 Å². The molecule has 0 radical (unpaired) electrons. The molecule has 0 saturated carbocycles. The molecular weight excluding hydrogens is 598 g/mol. The van der Waals surface area contributed by atoms with Crippen LogP contribution >= 0.6 is 0 Å². The number of ether oxygens (including phenoxy) is 3. The van der Waals surface area contributed by atoms with E-state index in [0.29, 0.717) is 23.7 Å². The van der Waals surface area contributed by atoms with Crippen molar-refractivity contribution in [1.82, 2.24) is 25.5 Å². The van der Waals surface area contributed by atoms with Crippen molar-refractivity contribution in [2.45, 2.75) is 32.8 Å². The van der Waals surface area contributed by atoms with Gasteiger partial charge in [-0.15, -0.1) is 0 Å². The SMILES string of the molecule is CCOC(CNC(=O)c1ccc(CN(Cc2nc3ccccc3[nH]2)C(=O)COc2ccccc2)cc1)NC(=O)OCc1ccccc1. The molecule has 0 bridgehead atoms. The first-order valence-electron chi connectivity index (χ1n) is 15.3. The van der Waals surface area contributed by atoms with Crippen molar-refractivity contribution < 1.29 is 28.6 Å². The maximum Gasteiger partial charge on any atom is 0.409 e. The number of alkyl carbamates (subject to hydrolysis) is 1. The zero-order chi connectivity index (χ0) is 32.8. The average Bonchev–Trinajstić information content (AvgIpc) is 3.52. The van der Waals surface area contributed by atoms with Gasteiger partial charge in [0, 0.05) is 18.7 Å². The van der Waals surface area contributed by atoms with Gasteiger partial charge in [-0.2, -0.15) is 0 Å². The number of H-pyrrole nitrogens is 1. The minimum atomic E-state index is -0.776. The molecule has 3 N–H and O–H groups in total. The van der Waals surface area contributed by atoms with E-state index in [-0.39, 0.29) is 44.7 Å². The van der Waals surface area contributed by atoms with Gasteiger partial charge in [0.1, 0.15) is 24.4 Å². The van der Waals surface area contributed by atoms with Crippen LogP contribution in [0.1, 0.15) is 34.2 Å². The Hall–Kier alpha value is -5.68. The van der Waals surface area contributed by atoms with Crippen LogP contribution in [0.3, 0.4) is 0 Å². The number of hydrogen-bond donors (Lipinski definition) is 3. The lowest BCUT2D eigenvalue weighted by Gasteiger charge is -2.22. The molecule has 1 unspecified atom stereocenters. The fraction of sp³-hybridized carbons (Fsp3) is 0.222. The van der Waals surface area contributed by atoms with Gasteiger partial charge in [-0.25, -0.2) is 9.78 Å². The summed E-state index contributed by atoms with van der Waals surface area (Å²) in [5, 5.41) is 5.42. The van der Waals surface area contributed by atoms with Crippen LogP contribution < -0.4 is 15.4 Å². The number of rotatable bonds is 15. The first kappa shape index (κ1) is 32.7. The molecule has 0 aliphatic rings. The number of hydrogen-bond acceptors (Lipinski definition) is 7. The quantitative estimate of drug-likeness (QED) is 0.135. The Morgan fingerprint density at radius 2 is 1.53 bits per heavy atom. The Morgan fingerprint density at radius 3 is 2.26 bits per heavy atom. The Morgan fingerprint density at radius 1 is 0.830 bits per heavy atom. The molecule has 1 heterocycles. The number of nitrogens with one attached hydrogen (secondary N) is 3. The van der Waals surface area contributed by atoms with E-state index in [0.717, 1.165) is 22.2 Å². The summed E-state index contributed by atoms with van der Waals surface area (Å²) < 4.78 is 16.6. The summed E-state index contributed by atoms with van der Waals surface area (Å²) in [5.41, 5.74) is 3.79. The topological polar surface area (TPSA) is 135 Å². The number of benzene rings is 4. The van der Waals surface area contributed by atoms with Crippen LogP contribution in [-0.4, -0.2) is 58.8 Å². The molecule has 1 aromatic heterocycles. The Bertz CT molecular complexity index is 1710. The summed E-state index contributed by atoms with van der Waals surface area (Å²) in [7, 11) is 0. The monoisotopic (exact) mass is 635 g/mol. The zero-order valence-electron chi connectivity index (χ0n) is 26.1. The predicted molar refractivity (Wildman–Crippen MR) is 176 cm³/mol. The van der Waals surface area contributed by atoms with E-state index < -0.39 is 12.3 Å². The lowest BCUT2D eigenvalue weighted by Crippen LogP contribution is -2.45. The number of para-hydroxylation sites is 3. The van der Waals surface area contributed by atoms with Gasteiger partial charge in [0.25, 0.3) is 11.8 Å². The minimum absolute atomic E-state index is 0.0378. The van der Waals surface area contributed by atoms with E-state index >= 15 is 0 Å². The molecule has 0 aliphatic carbocycles. The molecule has 1 atom stereocenters. The molecular formula is C36H37N5O6. The molecule has 5 aromatic rings. The fourth-order valence-electron chi connectivity index (χ4n) is 4.77. The summed E-state index contributed by atoms with van der Waals surface area (Å²) in [6, 6.07) is 33.1. The third kappa shape index (κ3) is 9.90. The maximum atomic E-state index is 13.4. The number of fused-ring (bicyclic) bond motifs is 1. The minimum Gasteiger partial charge on any atom is -0.484 e. The van der Waals surface area contributed by atoms with E-state index in [2.05, 4.69) is 20.6 Å². The number of aromatic nitrogens is 2. The summed E-state index contributed by atoms with van der Waals surface area (Å²) in [4.78, 5) is 48.2. The van der Waals surface area contributed by atoms with Crippen LogP contribution in [-0.2, 0) is 34.0 Å².